The van der Waals surface area contributed by atoms with Crippen molar-refractivity contribution >= 4 is 17.7 Å². The molecule has 0 N–H and O–H groups in total. The average Bonchev–Trinajstić information content (AvgIpc) is 3.20. The van der Waals surface area contributed by atoms with E-state index in [2.05, 4.69) is 13.8 Å². The molecule has 0 radical (unpaired) electrons. The van der Waals surface area contributed by atoms with E-state index in [0.717, 1.165) is 29.7 Å². The van der Waals surface area contributed by atoms with Gasteiger partial charge in [0.05, 0.1) is 37.3 Å². The van der Waals surface area contributed by atoms with Gasteiger partial charge in [-0.25, -0.2) is 4.79 Å². The zero-order valence-corrected chi connectivity index (χ0v) is 21.7. The lowest BCUT2D eigenvalue weighted by Crippen LogP contribution is -2.43. The quantitative estimate of drug-likeness (QED) is 0.540. The number of esters is 1. The number of carbonyl (C=O) groups is 3. The van der Waals surface area contributed by atoms with Gasteiger partial charge in [0.25, 0.3) is 5.91 Å². The Labute approximate surface area is 217 Å². The summed E-state index contributed by atoms with van der Waals surface area (Å²) in [6, 6.07) is 14.1. The number of hydrogen-bond acceptors (Lipinski definition) is 6. The number of methoxy groups -OCH3 is 2. The minimum atomic E-state index is -0.560. The number of fused-ring (bicyclic) bond motifs is 1. The minimum absolute atomic E-state index is 0.0207. The molecular formula is C30H33NO6. The lowest BCUT2D eigenvalue weighted by Gasteiger charge is -2.40. The molecule has 1 amide bonds. The van der Waals surface area contributed by atoms with E-state index in [4.69, 9.17) is 14.2 Å². The van der Waals surface area contributed by atoms with Crippen LogP contribution in [0.2, 0.25) is 0 Å². The van der Waals surface area contributed by atoms with Crippen LogP contribution in [0.4, 0.5) is 0 Å². The van der Waals surface area contributed by atoms with E-state index in [0.29, 0.717) is 35.9 Å². The Bertz CT molecular complexity index is 1230. The van der Waals surface area contributed by atoms with Gasteiger partial charge in [0.2, 0.25) is 0 Å². The molecule has 3 aliphatic rings. The first-order valence-electron chi connectivity index (χ1n) is 12.9. The second kappa shape index (κ2) is 10.0. The van der Waals surface area contributed by atoms with Crippen molar-refractivity contribution in [2.45, 2.75) is 45.3 Å². The molecule has 5 rings (SSSR count). The van der Waals surface area contributed by atoms with Crippen LogP contribution in [-0.2, 0) is 25.5 Å². The molecule has 2 heterocycles. The summed E-state index contributed by atoms with van der Waals surface area (Å²) in [5.74, 6) is 0.914. The van der Waals surface area contributed by atoms with Crippen LogP contribution in [0.25, 0.3) is 0 Å². The standard InChI is InChI=1S/C30H33NO6/c1-17-15-23-24(16-18(17)2)37-28-25(27(23)32)26(20-7-9-21(10-8-20)30(34)36-4)31(29(28)33)14-13-19-5-11-22(35-3)12-6-19/h5-12,17-18,23-24,26H,13-16H2,1-4H3. The van der Waals surface area contributed by atoms with Gasteiger partial charge in [0, 0.05) is 6.54 Å². The van der Waals surface area contributed by atoms with Gasteiger partial charge in [0.15, 0.2) is 11.5 Å². The monoisotopic (exact) mass is 503 g/mol. The molecule has 5 unspecified atom stereocenters. The Morgan fingerprint density at radius 3 is 2.30 bits per heavy atom. The van der Waals surface area contributed by atoms with Crippen molar-refractivity contribution in [1.82, 2.24) is 4.90 Å². The van der Waals surface area contributed by atoms with Crippen LogP contribution in [0.5, 0.6) is 5.75 Å². The minimum Gasteiger partial charge on any atom is -0.497 e. The molecule has 2 aromatic carbocycles. The molecule has 1 saturated carbocycles. The van der Waals surface area contributed by atoms with Gasteiger partial charge < -0.3 is 19.1 Å². The zero-order chi connectivity index (χ0) is 26.3. The van der Waals surface area contributed by atoms with Crippen molar-refractivity contribution in [3.8, 4) is 5.75 Å². The maximum Gasteiger partial charge on any atom is 0.337 e. The van der Waals surface area contributed by atoms with Crippen molar-refractivity contribution in [3.63, 3.8) is 0 Å². The second-order valence-electron chi connectivity index (χ2n) is 10.4. The predicted octanol–water partition coefficient (Wildman–Crippen LogP) is 4.51. The summed E-state index contributed by atoms with van der Waals surface area (Å²) in [5.41, 5.74) is 2.69. The van der Waals surface area contributed by atoms with E-state index < -0.39 is 12.0 Å². The molecule has 2 aliphatic heterocycles. The Morgan fingerprint density at radius 2 is 1.65 bits per heavy atom. The summed E-state index contributed by atoms with van der Waals surface area (Å²) in [6.45, 7) is 4.78. The number of ether oxygens (including phenoxy) is 3. The van der Waals surface area contributed by atoms with Crippen LogP contribution in [-0.4, -0.2) is 49.4 Å². The van der Waals surface area contributed by atoms with Gasteiger partial charge in [-0.05, 0) is 66.5 Å². The number of amides is 1. The number of benzene rings is 2. The Morgan fingerprint density at radius 1 is 0.973 bits per heavy atom. The van der Waals surface area contributed by atoms with E-state index in [1.807, 2.05) is 24.3 Å². The number of hydrogen-bond donors (Lipinski definition) is 0. The molecule has 7 nitrogen and oxygen atoms in total. The van der Waals surface area contributed by atoms with Crippen LogP contribution in [0, 0.1) is 17.8 Å². The van der Waals surface area contributed by atoms with Crippen molar-refractivity contribution in [2.75, 3.05) is 20.8 Å². The van der Waals surface area contributed by atoms with Crippen LogP contribution in [0.3, 0.4) is 0 Å². The Hall–Kier alpha value is -3.61. The fourth-order valence-corrected chi connectivity index (χ4v) is 5.85. The van der Waals surface area contributed by atoms with Crippen LogP contribution < -0.4 is 4.74 Å². The summed E-state index contributed by atoms with van der Waals surface area (Å²) < 4.78 is 16.4. The van der Waals surface area contributed by atoms with Crippen molar-refractivity contribution in [2.24, 2.45) is 17.8 Å². The SMILES string of the molecule is COC(=O)c1ccc(C2C3=C(OC4CC(C)C(C)CC4C3=O)C(=O)N2CCc2ccc(OC)cc2)cc1. The van der Waals surface area contributed by atoms with Crippen molar-refractivity contribution in [1.29, 1.82) is 0 Å². The number of Topliss-reactive ketones (excluding diaryl/α,β-unsaturated/α-hetero) is 1. The number of nitrogens with zero attached hydrogens (tertiary/aromatic N) is 1. The van der Waals surface area contributed by atoms with Gasteiger partial charge >= 0.3 is 5.97 Å². The summed E-state index contributed by atoms with van der Waals surface area (Å²) in [7, 11) is 2.96. The Kier molecular flexibility index (Phi) is 6.80. The van der Waals surface area contributed by atoms with Gasteiger partial charge in [-0.1, -0.05) is 38.1 Å². The topological polar surface area (TPSA) is 82.1 Å². The molecule has 37 heavy (non-hydrogen) atoms. The lowest BCUT2D eigenvalue weighted by atomic mass is 9.70. The van der Waals surface area contributed by atoms with Gasteiger partial charge in [-0.3, -0.25) is 9.59 Å². The smallest absolute Gasteiger partial charge is 0.337 e. The second-order valence-corrected chi connectivity index (χ2v) is 10.4. The first-order valence-corrected chi connectivity index (χ1v) is 12.9. The maximum atomic E-state index is 13.9. The first kappa shape index (κ1) is 25.1. The molecule has 0 spiro atoms. The molecule has 194 valence electrons. The fraction of sp³-hybridized carbons (Fsp3) is 0.433. The molecule has 7 heteroatoms. The number of ketones is 1. The van der Waals surface area contributed by atoms with E-state index >= 15 is 0 Å². The highest BCUT2D eigenvalue weighted by atomic mass is 16.5. The summed E-state index contributed by atoms with van der Waals surface area (Å²) in [5, 5.41) is 0. The van der Waals surface area contributed by atoms with E-state index in [9.17, 15) is 14.4 Å². The molecule has 0 aromatic heterocycles. The van der Waals surface area contributed by atoms with E-state index in [1.54, 1.807) is 36.3 Å². The molecule has 1 aliphatic carbocycles. The van der Waals surface area contributed by atoms with Gasteiger partial charge in [-0.2, -0.15) is 0 Å². The molecule has 2 aromatic rings. The Balaban J connectivity index is 1.49. The zero-order valence-electron chi connectivity index (χ0n) is 21.7. The third-order valence-corrected chi connectivity index (χ3v) is 8.25. The molecule has 5 atom stereocenters. The van der Waals surface area contributed by atoms with Gasteiger partial charge in [-0.15, -0.1) is 0 Å². The van der Waals surface area contributed by atoms with Crippen LogP contribution >= 0.6 is 0 Å². The van der Waals surface area contributed by atoms with Gasteiger partial charge in [0.1, 0.15) is 11.9 Å². The highest BCUT2D eigenvalue weighted by Gasteiger charge is 2.53. The lowest BCUT2D eigenvalue weighted by molar-refractivity contribution is -0.137. The first-order chi connectivity index (χ1) is 17.8. The normalized spacial score (nSPS) is 26.9. The number of carbonyl (C=O) groups excluding carboxylic acids is 3. The molecule has 0 saturated heterocycles. The summed E-state index contributed by atoms with van der Waals surface area (Å²) in [6.07, 6.45) is 1.88. The number of rotatable bonds is 6. The summed E-state index contributed by atoms with van der Waals surface area (Å²) >= 11 is 0. The fourth-order valence-electron chi connectivity index (χ4n) is 5.85. The third kappa shape index (κ3) is 4.52. The van der Waals surface area contributed by atoms with Crippen molar-refractivity contribution < 1.29 is 28.6 Å². The van der Waals surface area contributed by atoms with Crippen LogP contribution in [0.15, 0.2) is 59.9 Å². The van der Waals surface area contributed by atoms with Crippen molar-refractivity contribution in [3.05, 3.63) is 76.6 Å². The van der Waals surface area contributed by atoms with E-state index in [-0.39, 0.29) is 29.5 Å². The highest BCUT2D eigenvalue weighted by Crippen LogP contribution is 2.48. The highest BCUT2D eigenvalue weighted by molar-refractivity contribution is 6.11. The average molecular weight is 504 g/mol. The van der Waals surface area contributed by atoms with Crippen LogP contribution in [0.1, 0.15) is 54.2 Å². The summed E-state index contributed by atoms with van der Waals surface area (Å²) in [4.78, 5) is 41.4. The molecular weight excluding hydrogens is 470 g/mol. The predicted molar refractivity (Wildman–Crippen MR) is 137 cm³/mol. The third-order valence-electron chi connectivity index (χ3n) is 8.25. The van der Waals surface area contributed by atoms with E-state index in [1.165, 1.54) is 7.11 Å². The molecule has 0 bridgehead atoms. The molecule has 1 fully saturated rings. The maximum absolute atomic E-state index is 13.9. The largest absolute Gasteiger partial charge is 0.497 e.